The molecule has 3 heterocycles. The van der Waals surface area contributed by atoms with Gasteiger partial charge in [-0.25, -0.2) is 0 Å². The number of nitrogens with zero attached hydrogens (tertiary/aromatic N) is 1. The predicted octanol–water partition coefficient (Wildman–Crippen LogP) is 13.6. The van der Waals surface area contributed by atoms with Crippen LogP contribution in [0, 0.1) is 0 Å². The molecule has 3 aromatic heterocycles. The number of benzene rings is 8. The topological polar surface area (TPSA) is 31.2 Å². The summed E-state index contributed by atoms with van der Waals surface area (Å²) in [6.07, 6.45) is 0. The van der Waals surface area contributed by atoms with Crippen LogP contribution in [0.1, 0.15) is 0 Å². The minimum atomic E-state index is 0.890. The van der Waals surface area contributed by atoms with Crippen LogP contribution in [0.25, 0.3) is 105 Å². The zero-order valence-electron chi connectivity index (χ0n) is 27.5. The van der Waals surface area contributed by atoms with E-state index in [1.807, 2.05) is 24.3 Å². The van der Waals surface area contributed by atoms with Crippen LogP contribution in [-0.2, 0) is 0 Å². The fourth-order valence-electron chi connectivity index (χ4n) is 8.09. The molecule has 0 saturated heterocycles. The summed E-state index contributed by atoms with van der Waals surface area (Å²) in [6, 6.07) is 62.7. The molecule has 0 saturated carbocycles. The Bertz CT molecular complexity index is 3120. The summed E-state index contributed by atoms with van der Waals surface area (Å²) in [6.45, 7) is 0. The molecular formula is C48H29NO2. The summed E-state index contributed by atoms with van der Waals surface area (Å²) in [7, 11) is 0. The third-order valence-corrected chi connectivity index (χ3v) is 10.4. The Hall–Kier alpha value is -6.84. The molecule has 0 amide bonds. The molecule has 0 spiro atoms. The van der Waals surface area contributed by atoms with Crippen LogP contribution < -0.4 is 0 Å². The third-order valence-electron chi connectivity index (χ3n) is 10.4. The standard InChI is InChI=1S/C48H29NO2/c1-2-10-30(11-3-1)31-18-22-34(23-19-31)49-41-15-7-4-14-38(41)48-42(49)25-24-35(32-20-26-45-39(28-32)36-12-5-8-16-43(36)50-45)47(48)33-21-27-46-40(29-33)37-13-6-9-17-44(37)51-46/h1-29H. The van der Waals surface area contributed by atoms with Crippen molar-refractivity contribution in [1.82, 2.24) is 4.57 Å². The molecule has 0 bridgehead atoms. The summed E-state index contributed by atoms with van der Waals surface area (Å²) in [5.74, 6) is 0. The SMILES string of the molecule is c1ccc(-c2ccc(-n3c4ccccc4c4c(-c5ccc6oc7ccccc7c6c5)c(-c5ccc6oc7ccccc7c6c5)ccc43)cc2)cc1. The Morgan fingerprint density at radius 3 is 1.57 bits per heavy atom. The summed E-state index contributed by atoms with van der Waals surface area (Å²) in [5.41, 5.74) is 14.1. The van der Waals surface area contributed by atoms with Gasteiger partial charge in [0.1, 0.15) is 22.3 Å². The van der Waals surface area contributed by atoms with E-state index in [1.54, 1.807) is 0 Å². The molecule has 8 aromatic carbocycles. The van der Waals surface area contributed by atoms with Crippen molar-refractivity contribution in [2.45, 2.75) is 0 Å². The van der Waals surface area contributed by atoms with Gasteiger partial charge in [-0.3, -0.25) is 0 Å². The minimum Gasteiger partial charge on any atom is -0.456 e. The Labute approximate surface area is 293 Å². The van der Waals surface area contributed by atoms with E-state index >= 15 is 0 Å². The van der Waals surface area contributed by atoms with E-state index in [2.05, 4.69) is 156 Å². The van der Waals surface area contributed by atoms with Gasteiger partial charge in [-0.15, -0.1) is 0 Å². The van der Waals surface area contributed by atoms with Crippen molar-refractivity contribution in [3.63, 3.8) is 0 Å². The van der Waals surface area contributed by atoms with Gasteiger partial charge in [0.25, 0.3) is 0 Å². The molecule has 0 fully saturated rings. The first-order chi connectivity index (χ1) is 25.3. The van der Waals surface area contributed by atoms with E-state index in [0.29, 0.717) is 0 Å². The highest BCUT2D eigenvalue weighted by molar-refractivity contribution is 6.20. The Morgan fingerprint density at radius 1 is 0.333 bits per heavy atom. The fourth-order valence-corrected chi connectivity index (χ4v) is 8.09. The number of hydrogen-bond acceptors (Lipinski definition) is 2. The van der Waals surface area contributed by atoms with E-state index in [9.17, 15) is 0 Å². The van der Waals surface area contributed by atoms with Gasteiger partial charge >= 0.3 is 0 Å². The molecule has 51 heavy (non-hydrogen) atoms. The monoisotopic (exact) mass is 651 g/mol. The lowest BCUT2D eigenvalue weighted by molar-refractivity contribution is 0.668. The molecule has 0 aliphatic rings. The summed E-state index contributed by atoms with van der Waals surface area (Å²) in [4.78, 5) is 0. The van der Waals surface area contributed by atoms with Crippen LogP contribution >= 0.6 is 0 Å². The Kier molecular flexibility index (Phi) is 5.96. The van der Waals surface area contributed by atoms with Crippen molar-refractivity contribution in [2.75, 3.05) is 0 Å². The normalized spacial score (nSPS) is 11.9. The lowest BCUT2D eigenvalue weighted by atomic mass is 9.89. The maximum absolute atomic E-state index is 6.29. The number of hydrogen-bond donors (Lipinski definition) is 0. The fraction of sp³-hybridized carbons (Fsp3) is 0. The van der Waals surface area contributed by atoms with Gasteiger partial charge in [-0.2, -0.15) is 0 Å². The van der Waals surface area contributed by atoms with Gasteiger partial charge in [-0.1, -0.05) is 115 Å². The van der Waals surface area contributed by atoms with Gasteiger partial charge in [-0.05, 0) is 94.0 Å². The second kappa shape index (κ2) is 10.8. The first-order valence-electron chi connectivity index (χ1n) is 17.3. The van der Waals surface area contributed by atoms with Crippen LogP contribution in [0.5, 0.6) is 0 Å². The van der Waals surface area contributed by atoms with Crippen molar-refractivity contribution in [1.29, 1.82) is 0 Å². The number of aromatic nitrogens is 1. The zero-order valence-corrected chi connectivity index (χ0v) is 27.5. The molecule has 3 heteroatoms. The molecule has 11 rings (SSSR count). The van der Waals surface area contributed by atoms with Crippen molar-refractivity contribution >= 4 is 65.7 Å². The Balaban J connectivity index is 1.22. The highest BCUT2D eigenvalue weighted by Crippen LogP contribution is 2.46. The molecule has 0 aliphatic carbocycles. The first kappa shape index (κ1) is 28.0. The molecular weight excluding hydrogens is 623 g/mol. The Morgan fingerprint density at radius 2 is 0.863 bits per heavy atom. The molecule has 238 valence electrons. The van der Waals surface area contributed by atoms with Gasteiger partial charge in [0, 0.05) is 38.0 Å². The summed E-state index contributed by atoms with van der Waals surface area (Å²) >= 11 is 0. The van der Waals surface area contributed by atoms with Crippen LogP contribution in [-0.4, -0.2) is 4.57 Å². The zero-order chi connectivity index (χ0) is 33.5. The maximum Gasteiger partial charge on any atom is 0.135 e. The van der Waals surface area contributed by atoms with Gasteiger partial charge < -0.3 is 13.4 Å². The molecule has 0 aliphatic heterocycles. The number of furan rings is 2. The number of para-hydroxylation sites is 3. The molecule has 0 N–H and O–H groups in total. The van der Waals surface area contributed by atoms with E-state index < -0.39 is 0 Å². The number of fused-ring (bicyclic) bond motifs is 9. The third kappa shape index (κ3) is 4.25. The van der Waals surface area contributed by atoms with Gasteiger partial charge in [0.15, 0.2) is 0 Å². The van der Waals surface area contributed by atoms with Crippen molar-refractivity contribution in [2.24, 2.45) is 0 Å². The molecule has 0 atom stereocenters. The molecule has 0 radical (unpaired) electrons. The molecule has 0 unspecified atom stereocenters. The van der Waals surface area contributed by atoms with E-state index in [0.717, 1.165) is 66.2 Å². The van der Waals surface area contributed by atoms with Crippen LogP contribution in [0.2, 0.25) is 0 Å². The molecule has 11 aromatic rings. The summed E-state index contributed by atoms with van der Waals surface area (Å²) in [5, 5.41) is 6.91. The van der Waals surface area contributed by atoms with Gasteiger partial charge in [0.05, 0.1) is 11.0 Å². The van der Waals surface area contributed by atoms with Crippen LogP contribution in [0.15, 0.2) is 185 Å². The number of rotatable bonds is 4. The van der Waals surface area contributed by atoms with E-state index in [4.69, 9.17) is 8.83 Å². The second-order valence-corrected chi connectivity index (χ2v) is 13.3. The minimum absolute atomic E-state index is 0.890. The van der Waals surface area contributed by atoms with Crippen molar-refractivity contribution in [3.8, 4) is 39.1 Å². The highest BCUT2D eigenvalue weighted by atomic mass is 16.3. The van der Waals surface area contributed by atoms with Crippen molar-refractivity contribution in [3.05, 3.63) is 176 Å². The summed E-state index contributed by atoms with van der Waals surface area (Å²) < 4.78 is 14.9. The van der Waals surface area contributed by atoms with Crippen LogP contribution in [0.3, 0.4) is 0 Å². The maximum atomic E-state index is 6.29. The van der Waals surface area contributed by atoms with E-state index in [1.165, 1.54) is 38.5 Å². The lowest BCUT2D eigenvalue weighted by Gasteiger charge is -2.15. The smallest absolute Gasteiger partial charge is 0.135 e. The average molecular weight is 652 g/mol. The van der Waals surface area contributed by atoms with Crippen molar-refractivity contribution < 1.29 is 8.83 Å². The first-order valence-corrected chi connectivity index (χ1v) is 17.3. The lowest BCUT2D eigenvalue weighted by Crippen LogP contribution is -1.94. The van der Waals surface area contributed by atoms with Crippen LogP contribution in [0.4, 0.5) is 0 Å². The molecule has 3 nitrogen and oxygen atoms in total. The largest absolute Gasteiger partial charge is 0.456 e. The van der Waals surface area contributed by atoms with Gasteiger partial charge in [0.2, 0.25) is 0 Å². The van der Waals surface area contributed by atoms with E-state index in [-0.39, 0.29) is 0 Å². The highest BCUT2D eigenvalue weighted by Gasteiger charge is 2.21. The predicted molar refractivity (Wildman–Crippen MR) is 212 cm³/mol. The quantitative estimate of drug-likeness (QED) is 0.190. The average Bonchev–Trinajstić information content (AvgIpc) is 3.87. The second-order valence-electron chi connectivity index (χ2n) is 13.3.